The van der Waals surface area contributed by atoms with E-state index in [-0.39, 0.29) is 257 Å². The predicted molar refractivity (Wildman–Crippen MR) is 11.1 cm³/mol. The van der Waals surface area contributed by atoms with Crippen LogP contribution in [-0.2, 0) is 0 Å². The van der Waals surface area contributed by atoms with Crippen LogP contribution in [0.3, 0.4) is 0 Å². The Kier molecular flexibility index (Phi) is 120. The first-order chi connectivity index (χ1) is 3.46. The van der Waals surface area contributed by atoms with Crippen LogP contribution in [0.1, 0.15) is 0 Å². The van der Waals surface area contributed by atoms with Gasteiger partial charge in [0.2, 0.25) is 0 Å². The van der Waals surface area contributed by atoms with Gasteiger partial charge in [-0.1, -0.05) is 0 Å². The second kappa shape index (κ2) is 36.6. The molecule has 0 radical (unpaired) electrons. The van der Waals surface area contributed by atoms with E-state index >= 15 is 0 Å². The second-order valence-electron chi connectivity index (χ2n) is 0.539. The summed E-state index contributed by atoms with van der Waals surface area (Å²) >= 11 is 0. The van der Waals surface area contributed by atoms with Crippen LogP contribution >= 0.6 is 0 Å². The van der Waals surface area contributed by atoms with Crippen molar-refractivity contribution in [1.82, 2.24) is 0 Å². The normalized spacial score (nSPS) is 3.92. The third kappa shape index (κ3) is 107. The standard InChI is InChI=1S/CH2O3.BO3.5K/c2*2-1(3)4;;;;;/h(H2,2,3,4);;;;;;/q;-3;5*+1/p-2. The molecule has 0 N–H and O–H groups in total. The van der Waals surface area contributed by atoms with Gasteiger partial charge in [-0.15, -0.1) is 0 Å². The SMILES string of the molecule is O=C([O-])[O-].[K+].[K+].[K+].[K+].[K+].[O-]B([O-])[O-]. The van der Waals surface area contributed by atoms with Crippen LogP contribution < -0.4 is 282 Å². The molecule has 0 aliphatic rings. The van der Waals surface area contributed by atoms with Gasteiger partial charge in [-0.25, -0.2) is 0 Å². The number of carboxylic acid groups (broad SMARTS) is 2. The minimum atomic E-state index is -2.92. The minimum Gasteiger partial charge on any atom is -0.907 e. The summed E-state index contributed by atoms with van der Waals surface area (Å²) in [7, 11) is -2.92. The van der Waals surface area contributed by atoms with Crippen LogP contribution in [0.5, 0.6) is 0 Å². The number of carbonyl (C=O) groups is 1. The largest absolute Gasteiger partial charge is 1.00 e. The predicted octanol–water partition coefficient (Wildman–Crippen LogP) is -21.4. The Morgan fingerprint density at radius 2 is 0.769 bits per heavy atom. The Morgan fingerprint density at radius 1 is 0.769 bits per heavy atom. The fourth-order valence-electron chi connectivity index (χ4n) is 0. The molecule has 0 fully saturated rings. The molecule has 12 heteroatoms. The zero-order valence-electron chi connectivity index (χ0n) is 8.53. The van der Waals surface area contributed by atoms with Gasteiger partial charge in [-0.05, 0) is 6.16 Å². The molecule has 0 bridgehead atoms. The average molecular weight is 314 g/mol. The van der Waals surface area contributed by atoms with Gasteiger partial charge >= 0.3 is 257 Å². The zero-order chi connectivity index (χ0) is 7.15. The molecule has 0 heterocycles. The van der Waals surface area contributed by atoms with E-state index in [4.69, 9.17) is 30.1 Å². The maximum Gasteiger partial charge on any atom is 1.00 e. The van der Waals surface area contributed by atoms with E-state index in [9.17, 15) is 0 Å². The summed E-state index contributed by atoms with van der Waals surface area (Å²) in [5.41, 5.74) is 0. The van der Waals surface area contributed by atoms with Gasteiger partial charge in [-0.2, -0.15) is 0 Å². The van der Waals surface area contributed by atoms with Crippen molar-refractivity contribution >= 4 is 13.5 Å². The van der Waals surface area contributed by atoms with Crippen molar-refractivity contribution in [3.63, 3.8) is 0 Å². The molecule has 0 rings (SSSR count). The van der Waals surface area contributed by atoms with Gasteiger partial charge in [-0.3, -0.25) is 7.32 Å². The van der Waals surface area contributed by atoms with Crippen molar-refractivity contribution in [2.75, 3.05) is 0 Å². The third-order valence-electron chi connectivity index (χ3n) is 0. The molecule has 0 spiro atoms. The van der Waals surface area contributed by atoms with Crippen molar-refractivity contribution in [1.29, 1.82) is 0 Å². The first-order valence-electron chi connectivity index (χ1n) is 1.32. The molecule has 0 aromatic heterocycles. The van der Waals surface area contributed by atoms with Gasteiger partial charge in [0.25, 0.3) is 0 Å². The van der Waals surface area contributed by atoms with Gasteiger partial charge in [0.1, 0.15) is 0 Å². The molecular formula is CBK5O6. The maximum absolute atomic E-state index is 8.42. The Morgan fingerprint density at radius 3 is 0.769 bits per heavy atom. The molecule has 48 valence electrons. The van der Waals surface area contributed by atoms with Crippen molar-refractivity contribution in [2.45, 2.75) is 0 Å². The van der Waals surface area contributed by atoms with Crippen LogP contribution in [-0.4, -0.2) is 13.5 Å². The molecule has 13 heavy (non-hydrogen) atoms. The number of hydrogen-bond donors (Lipinski definition) is 0. The van der Waals surface area contributed by atoms with Crippen LogP contribution in [0.25, 0.3) is 0 Å². The molecule has 0 saturated carbocycles. The zero-order valence-corrected chi connectivity index (χ0v) is 24.1. The smallest absolute Gasteiger partial charge is 0.907 e. The molecule has 0 amide bonds. The van der Waals surface area contributed by atoms with E-state index in [1.165, 1.54) is 0 Å². The quantitative estimate of drug-likeness (QED) is 0.408. The van der Waals surface area contributed by atoms with Crippen molar-refractivity contribution in [3.05, 3.63) is 0 Å². The Labute approximate surface area is 289 Å². The van der Waals surface area contributed by atoms with Crippen LogP contribution in [0.2, 0.25) is 0 Å². The number of carbonyl (C=O) groups excluding carboxylic acids is 1. The van der Waals surface area contributed by atoms with Crippen LogP contribution in [0, 0.1) is 0 Å². The summed E-state index contributed by atoms with van der Waals surface area (Å²) in [5.74, 6) is 0. The summed E-state index contributed by atoms with van der Waals surface area (Å²) in [6.07, 6.45) is -2.33. The van der Waals surface area contributed by atoms with Crippen LogP contribution in [0.4, 0.5) is 4.79 Å². The molecule has 6 nitrogen and oxygen atoms in total. The summed E-state index contributed by atoms with van der Waals surface area (Å²) < 4.78 is 0. The fourth-order valence-corrected chi connectivity index (χ4v) is 0. The van der Waals surface area contributed by atoms with E-state index in [1.54, 1.807) is 0 Å². The third-order valence-corrected chi connectivity index (χ3v) is 0. The topological polar surface area (TPSA) is 132 Å². The van der Waals surface area contributed by atoms with Gasteiger partial charge in [0.05, 0.1) is 0 Å². The first kappa shape index (κ1) is 42.8. The summed E-state index contributed by atoms with van der Waals surface area (Å²) in [4.78, 5) is 8.33. The molecule has 0 aromatic rings. The van der Waals surface area contributed by atoms with E-state index in [1.807, 2.05) is 0 Å². The van der Waals surface area contributed by atoms with Gasteiger partial charge in [0, 0.05) is 0 Å². The van der Waals surface area contributed by atoms with Crippen molar-refractivity contribution in [3.8, 4) is 0 Å². The minimum absolute atomic E-state index is 0. The van der Waals surface area contributed by atoms with Crippen LogP contribution in [0.15, 0.2) is 0 Å². The molecule has 0 aromatic carbocycles. The summed E-state index contributed by atoms with van der Waals surface area (Å²) in [6, 6.07) is 0. The monoisotopic (exact) mass is 314 g/mol. The van der Waals surface area contributed by atoms with E-state index in [2.05, 4.69) is 0 Å². The summed E-state index contributed by atoms with van der Waals surface area (Å²) in [6.45, 7) is 0. The molecule has 0 atom stereocenters. The Hall–Kier alpha value is 7.40. The molecule has 0 aliphatic heterocycles. The van der Waals surface area contributed by atoms with Gasteiger partial charge in [0.15, 0.2) is 0 Å². The second-order valence-corrected chi connectivity index (χ2v) is 0.539. The van der Waals surface area contributed by atoms with Crippen molar-refractivity contribution < 1.29 is 287 Å². The molecule has 0 aliphatic carbocycles. The Bertz CT molecular complexity index is 65.3. The number of hydrogen-bond acceptors (Lipinski definition) is 6. The van der Waals surface area contributed by atoms with Gasteiger partial charge < -0.3 is 30.1 Å². The molecular weight excluding hydrogens is 314 g/mol. The molecule has 0 saturated heterocycles. The first-order valence-corrected chi connectivity index (χ1v) is 1.32. The maximum atomic E-state index is 8.42. The molecule has 0 unspecified atom stereocenters. The van der Waals surface area contributed by atoms with Crippen molar-refractivity contribution in [2.24, 2.45) is 0 Å². The number of rotatable bonds is 0. The van der Waals surface area contributed by atoms with E-state index in [0.29, 0.717) is 0 Å². The average Bonchev–Trinajstić information content (AvgIpc) is 1.25. The van der Waals surface area contributed by atoms with E-state index < -0.39 is 13.5 Å². The summed E-state index contributed by atoms with van der Waals surface area (Å²) in [5, 5.41) is 41.9. The van der Waals surface area contributed by atoms with E-state index in [0.717, 1.165) is 0 Å². The Balaban J connectivity index is -0.00000000800. The fraction of sp³-hybridized carbons (Fsp3) is 0.